The average Bonchev–Trinajstić information content (AvgIpc) is 2.84. The van der Waals surface area contributed by atoms with Crippen molar-refractivity contribution >= 4 is 5.69 Å². The highest BCUT2D eigenvalue weighted by Gasteiger charge is 2.36. The van der Waals surface area contributed by atoms with Gasteiger partial charge in [0.25, 0.3) is 0 Å². The molecule has 1 saturated carbocycles. The monoisotopic (exact) mass is 245 g/mol. The third-order valence-corrected chi connectivity index (χ3v) is 4.88. The van der Waals surface area contributed by atoms with Crippen molar-refractivity contribution in [2.45, 2.75) is 45.1 Å². The quantitative estimate of drug-likeness (QED) is 0.871. The summed E-state index contributed by atoms with van der Waals surface area (Å²) >= 11 is 0. The van der Waals surface area contributed by atoms with Gasteiger partial charge in [-0.15, -0.1) is 0 Å². The number of hydrogen-bond donors (Lipinski definition) is 1. The maximum absolute atomic E-state index is 5.96. The van der Waals surface area contributed by atoms with Crippen molar-refractivity contribution in [3.05, 3.63) is 24.0 Å². The van der Waals surface area contributed by atoms with Gasteiger partial charge in [0.2, 0.25) is 0 Å². The molecule has 2 N–H and O–H groups in total. The Hall–Kier alpha value is -1.09. The lowest BCUT2D eigenvalue weighted by Crippen LogP contribution is -2.38. The first kappa shape index (κ1) is 12.0. The number of nitrogens with two attached hydrogens (primary N) is 1. The highest BCUT2D eigenvalue weighted by Crippen LogP contribution is 2.46. The number of anilines is 1. The molecule has 1 aliphatic heterocycles. The van der Waals surface area contributed by atoms with Gasteiger partial charge in [-0.1, -0.05) is 12.8 Å². The summed E-state index contributed by atoms with van der Waals surface area (Å²) in [6.45, 7) is 3.36. The minimum absolute atomic E-state index is 0.701. The Kier molecular flexibility index (Phi) is 3.25. The van der Waals surface area contributed by atoms with Crippen LogP contribution in [0.15, 0.2) is 18.3 Å². The summed E-state index contributed by atoms with van der Waals surface area (Å²) < 4.78 is 0. The summed E-state index contributed by atoms with van der Waals surface area (Å²) in [6, 6.07) is 3.85. The molecule has 1 aromatic heterocycles. The molecule has 0 amide bonds. The Balaban J connectivity index is 1.59. The fraction of sp³-hybridized carbons (Fsp3) is 0.667. The molecule has 0 atom stereocenters. The van der Waals surface area contributed by atoms with Crippen molar-refractivity contribution in [1.29, 1.82) is 0 Å². The second-order valence-corrected chi connectivity index (χ2v) is 6.02. The fourth-order valence-electron chi connectivity index (χ4n) is 3.60. The van der Waals surface area contributed by atoms with Crippen molar-refractivity contribution in [1.82, 2.24) is 9.88 Å². The van der Waals surface area contributed by atoms with Crippen LogP contribution in [0, 0.1) is 5.41 Å². The Morgan fingerprint density at radius 1 is 1.17 bits per heavy atom. The molecule has 0 unspecified atom stereocenters. The molecule has 1 spiro atoms. The number of aromatic nitrogens is 1. The number of hydrogen-bond acceptors (Lipinski definition) is 3. The molecular weight excluding hydrogens is 222 g/mol. The number of pyridine rings is 1. The van der Waals surface area contributed by atoms with Crippen molar-refractivity contribution in [2.75, 3.05) is 18.8 Å². The van der Waals surface area contributed by atoms with Crippen LogP contribution < -0.4 is 5.73 Å². The predicted molar refractivity (Wildman–Crippen MR) is 74.1 cm³/mol. The highest BCUT2D eigenvalue weighted by molar-refractivity contribution is 5.41. The van der Waals surface area contributed by atoms with Crippen LogP contribution in [-0.2, 0) is 6.54 Å². The first-order chi connectivity index (χ1) is 8.77. The first-order valence-electron chi connectivity index (χ1n) is 7.19. The van der Waals surface area contributed by atoms with Crippen LogP contribution in [0.25, 0.3) is 0 Å². The standard InChI is InChI=1S/C15H23N3/c16-13-4-3-9-17-14(13)12-18-10-7-15(8-11-18)5-1-2-6-15/h3-4,9H,1-2,5-8,10-12,16H2. The van der Waals surface area contributed by atoms with Gasteiger partial charge in [-0.2, -0.15) is 0 Å². The fourth-order valence-corrected chi connectivity index (χ4v) is 3.60. The van der Waals surface area contributed by atoms with E-state index in [9.17, 15) is 0 Å². The van der Waals surface area contributed by atoms with Crippen molar-refractivity contribution in [3.8, 4) is 0 Å². The van der Waals surface area contributed by atoms with Gasteiger partial charge in [-0.3, -0.25) is 9.88 Å². The van der Waals surface area contributed by atoms with Crippen LogP contribution in [0.4, 0.5) is 5.69 Å². The summed E-state index contributed by atoms with van der Waals surface area (Å²) in [6.07, 6.45) is 10.4. The number of likely N-dealkylation sites (tertiary alicyclic amines) is 1. The molecule has 1 aliphatic carbocycles. The Labute approximate surface area is 109 Å². The first-order valence-corrected chi connectivity index (χ1v) is 7.19. The van der Waals surface area contributed by atoms with Gasteiger partial charge in [-0.25, -0.2) is 0 Å². The summed E-state index contributed by atoms with van der Waals surface area (Å²) in [5.74, 6) is 0. The Bertz CT molecular complexity index is 400. The maximum atomic E-state index is 5.96. The number of rotatable bonds is 2. The molecule has 0 aromatic carbocycles. The van der Waals surface area contributed by atoms with E-state index in [1.165, 1.54) is 51.6 Å². The summed E-state index contributed by atoms with van der Waals surface area (Å²) in [5.41, 5.74) is 8.54. The van der Waals surface area contributed by atoms with Crippen LogP contribution in [0.1, 0.15) is 44.2 Å². The topological polar surface area (TPSA) is 42.1 Å². The van der Waals surface area contributed by atoms with Crippen LogP contribution in [-0.4, -0.2) is 23.0 Å². The SMILES string of the molecule is Nc1cccnc1CN1CCC2(CCCC2)CC1. The molecule has 3 rings (SSSR count). The van der Waals surface area contributed by atoms with Gasteiger partial charge in [0.1, 0.15) is 0 Å². The molecule has 0 radical (unpaired) electrons. The lowest BCUT2D eigenvalue weighted by atomic mass is 9.77. The van der Waals surface area contributed by atoms with Gasteiger partial charge >= 0.3 is 0 Å². The summed E-state index contributed by atoms with van der Waals surface area (Å²) in [4.78, 5) is 6.91. The van der Waals surface area contributed by atoms with E-state index in [1.54, 1.807) is 0 Å². The number of nitrogen functional groups attached to an aromatic ring is 1. The second kappa shape index (κ2) is 4.88. The van der Waals surface area contributed by atoms with Crippen LogP contribution in [0.2, 0.25) is 0 Å². The minimum atomic E-state index is 0.701. The number of piperidine rings is 1. The van der Waals surface area contributed by atoms with Gasteiger partial charge in [0.15, 0.2) is 0 Å². The average molecular weight is 245 g/mol. The molecule has 1 saturated heterocycles. The van der Waals surface area contributed by atoms with Gasteiger partial charge in [-0.05, 0) is 56.3 Å². The van der Waals surface area contributed by atoms with Crippen LogP contribution >= 0.6 is 0 Å². The van der Waals surface area contributed by atoms with Gasteiger partial charge < -0.3 is 5.73 Å². The van der Waals surface area contributed by atoms with E-state index < -0.39 is 0 Å². The van der Waals surface area contributed by atoms with Gasteiger partial charge in [0.05, 0.1) is 11.4 Å². The molecule has 2 aliphatic rings. The molecule has 18 heavy (non-hydrogen) atoms. The number of nitrogens with zero attached hydrogens (tertiary/aromatic N) is 2. The zero-order valence-electron chi connectivity index (χ0n) is 11.1. The van der Waals surface area contributed by atoms with Crippen LogP contribution in [0.3, 0.4) is 0 Å². The molecule has 3 nitrogen and oxygen atoms in total. The summed E-state index contributed by atoms with van der Waals surface area (Å²) in [5, 5.41) is 0. The van der Waals surface area contributed by atoms with E-state index in [0.717, 1.165) is 17.9 Å². The Morgan fingerprint density at radius 3 is 2.56 bits per heavy atom. The van der Waals surface area contributed by atoms with E-state index in [0.29, 0.717) is 5.41 Å². The minimum Gasteiger partial charge on any atom is -0.397 e. The van der Waals surface area contributed by atoms with Gasteiger partial charge in [0, 0.05) is 12.7 Å². The smallest absolute Gasteiger partial charge is 0.0772 e. The van der Waals surface area contributed by atoms with Crippen molar-refractivity contribution < 1.29 is 0 Å². The van der Waals surface area contributed by atoms with E-state index in [2.05, 4.69) is 9.88 Å². The molecular formula is C15H23N3. The molecule has 3 heteroatoms. The van der Waals surface area contributed by atoms with E-state index >= 15 is 0 Å². The van der Waals surface area contributed by atoms with E-state index in [-0.39, 0.29) is 0 Å². The molecule has 2 fully saturated rings. The zero-order valence-corrected chi connectivity index (χ0v) is 11.1. The summed E-state index contributed by atoms with van der Waals surface area (Å²) in [7, 11) is 0. The third kappa shape index (κ3) is 2.37. The van der Waals surface area contributed by atoms with Crippen molar-refractivity contribution in [3.63, 3.8) is 0 Å². The zero-order chi connectivity index (χ0) is 12.4. The van der Waals surface area contributed by atoms with Crippen LogP contribution in [0.5, 0.6) is 0 Å². The molecule has 0 bridgehead atoms. The Morgan fingerprint density at radius 2 is 1.89 bits per heavy atom. The normalized spacial score (nSPS) is 23.6. The molecule has 1 aromatic rings. The lowest BCUT2D eigenvalue weighted by Gasteiger charge is -2.39. The van der Waals surface area contributed by atoms with E-state index in [4.69, 9.17) is 5.73 Å². The third-order valence-electron chi connectivity index (χ3n) is 4.88. The van der Waals surface area contributed by atoms with Crippen molar-refractivity contribution in [2.24, 2.45) is 5.41 Å². The maximum Gasteiger partial charge on any atom is 0.0772 e. The predicted octanol–water partition coefficient (Wildman–Crippen LogP) is 2.82. The molecule has 98 valence electrons. The highest BCUT2D eigenvalue weighted by atomic mass is 15.1. The van der Waals surface area contributed by atoms with E-state index in [1.807, 2.05) is 18.3 Å². The molecule has 2 heterocycles. The lowest BCUT2D eigenvalue weighted by molar-refractivity contribution is 0.103. The second-order valence-electron chi connectivity index (χ2n) is 6.02. The largest absolute Gasteiger partial charge is 0.397 e.